The summed E-state index contributed by atoms with van der Waals surface area (Å²) in [7, 11) is 0. The average molecular weight is 183 g/mol. The third-order valence-corrected chi connectivity index (χ3v) is 3.28. The average Bonchev–Trinajstić information content (AvgIpc) is 2.52. The van der Waals surface area contributed by atoms with Gasteiger partial charge in [0.2, 0.25) is 5.91 Å². The Morgan fingerprint density at radius 1 is 1.46 bits per heavy atom. The molecule has 0 spiro atoms. The number of nitrogens with zero attached hydrogens (tertiary/aromatic N) is 1. The highest BCUT2D eigenvalue weighted by Crippen LogP contribution is 2.29. The maximum Gasteiger partial charge on any atom is 0.223 e. The van der Waals surface area contributed by atoms with Crippen LogP contribution in [-0.2, 0) is 4.79 Å². The van der Waals surface area contributed by atoms with Gasteiger partial charge in [-0.25, -0.2) is 0 Å². The van der Waals surface area contributed by atoms with Gasteiger partial charge in [-0.3, -0.25) is 4.79 Å². The van der Waals surface area contributed by atoms with E-state index in [0.717, 1.165) is 38.6 Å². The number of hydrogen-bond donors (Lipinski definition) is 0. The Morgan fingerprint density at radius 2 is 2.15 bits per heavy atom. The fourth-order valence-corrected chi connectivity index (χ4v) is 2.26. The van der Waals surface area contributed by atoms with Gasteiger partial charge < -0.3 is 4.90 Å². The molecular weight excluding hydrogens is 162 g/mol. The van der Waals surface area contributed by atoms with Gasteiger partial charge in [0.15, 0.2) is 0 Å². The van der Waals surface area contributed by atoms with Gasteiger partial charge in [-0.15, -0.1) is 0 Å². The van der Waals surface area contributed by atoms with E-state index in [-0.39, 0.29) is 5.54 Å². The number of carbonyl (C=O) groups excluding carboxylic acids is 1. The first-order valence-corrected chi connectivity index (χ1v) is 5.44. The molecule has 2 heteroatoms. The van der Waals surface area contributed by atoms with Crippen molar-refractivity contribution in [3.05, 3.63) is 0 Å². The van der Waals surface area contributed by atoms with E-state index in [1.807, 2.05) is 0 Å². The monoisotopic (exact) mass is 183 g/mol. The molecule has 1 saturated heterocycles. The molecule has 1 amide bonds. The Bertz CT molecular complexity index is 191. The molecule has 1 aliphatic rings. The minimum absolute atomic E-state index is 0.127. The second-order valence-corrected chi connectivity index (χ2v) is 4.25. The highest BCUT2D eigenvalue weighted by molar-refractivity contribution is 5.78. The molecule has 0 aromatic carbocycles. The molecule has 1 atom stereocenters. The first-order valence-electron chi connectivity index (χ1n) is 5.44. The van der Waals surface area contributed by atoms with E-state index in [2.05, 4.69) is 25.7 Å². The van der Waals surface area contributed by atoms with E-state index < -0.39 is 0 Å². The lowest BCUT2D eigenvalue weighted by molar-refractivity contribution is -0.133. The van der Waals surface area contributed by atoms with Crippen LogP contribution in [0.5, 0.6) is 0 Å². The van der Waals surface area contributed by atoms with E-state index in [1.54, 1.807) is 0 Å². The summed E-state index contributed by atoms with van der Waals surface area (Å²) >= 11 is 0. The van der Waals surface area contributed by atoms with Crippen LogP contribution in [0, 0.1) is 0 Å². The summed E-state index contributed by atoms with van der Waals surface area (Å²) in [6, 6.07) is 0. The molecule has 1 fully saturated rings. The van der Waals surface area contributed by atoms with Crippen molar-refractivity contribution in [2.24, 2.45) is 0 Å². The molecule has 1 aliphatic heterocycles. The van der Waals surface area contributed by atoms with Gasteiger partial charge in [-0.05, 0) is 26.2 Å². The second-order valence-electron chi connectivity index (χ2n) is 4.25. The Balaban J connectivity index is 2.68. The van der Waals surface area contributed by atoms with E-state index in [4.69, 9.17) is 0 Å². The van der Waals surface area contributed by atoms with Crippen LogP contribution in [0.25, 0.3) is 0 Å². The molecule has 1 rings (SSSR count). The fourth-order valence-electron chi connectivity index (χ4n) is 2.26. The number of carbonyl (C=O) groups is 1. The van der Waals surface area contributed by atoms with Crippen molar-refractivity contribution in [3.63, 3.8) is 0 Å². The molecular formula is C11H21NO. The SMILES string of the molecule is CCCC(C)(CC)N1CCCC1=O. The maximum atomic E-state index is 11.6. The molecule has 13 heavy (non-hydrogen) atoms. The summed E-state index contributed by atoms with van der Waals surface area (Å²) in [4.78, 5) is 13.7. The van der Waals surface area contributed by atoms with Gasteiger partial charge in [0.25, 0.3) is 0 Å². The molecule has 0 bridgehead atoms. The van der Waals surface area contributed by atoms with Gasteiger partial charge in [-0.2, -0.15) is 0 Å². The summed E-state index contributed by atoms with van der Waals surface area (Å²) in [5, 5.41) is 0. The van der Waals surface area contributed by atoms with Crippen LogP contribution in [0.1, 0.15) is 52.9 Å². The van der Waals surface area contributed by atoms with Crippen molar-refractivity contribution < 1.29 is 4.79 Å². The molecule has 76 valence electrons. The van der Waals surface area contributed by atoms with Crippen LogP contribution >= 0.6 is 0 Å². The van der Waals surface area contributed by atoms with Crippen LogP contribution in [0.15, 0.2) is 0 Å². The van der Waals surface area contributed by atoms with Crippen molar-refractivity contribution in [3.8, 4) is 0 Å². The van der Waals surface area contributed by atoms with Gasteiger partial charge in [0.1, 0.15) is 0 Å². The van der Waals surface area contributed by atoms with Crippen LogP contribution < -0.4 is 0 Å². The summed E-state index contributed by atoms with van der Waals surface area (Å²) in [5.41, 5.74) is 0.127. The van der Waals surface area contributed by atoms with E-state index in [1.165, 1.54) is 0 Å². The molecule has 0 N–H and O–H groups in total. The molecule has 0 aliphatic carbocycles. The van der Waals surface area contributed by atoms with Crippen molar-refractivity contribution in [1.82, 2.24) is 4.90 Å². The molecule has 0 saturated carbocycles. The molecule has 0 aromatic heterocycles. The highest BCUT2D eigenvalue weighted by atomic mass is 16.2. The Kier molecular flexibility index (Phi) is 3.34. The predicted octanol–water partition coefficient (Wildman–Crippen LogP) is 2.58. The minimum atomic E-state index is 0.127. The summed E-state index contributed by atoms with van der Waals surface area (Å²) in [6.07, 6.45) is 5.19. The van der Waals surface area contributed by atoms with Crippen molar-refractivity contribution in [2.75, 3.05) is 6.54 Å². The molecule has 2 nitrogen and oxygen atoms in total. The Morgan fingerprint density at radius 3 is 2.54 bits per heavy atom. The predicted molar refractivity (Wildman–Crippen MR) is 54.6 cm³/mol. The molecule has 1 unspecified atom stereocenters. The van der Waals surface area contributed by atoms with Crippen molar-refractivity contribution >= 4 is 5.91 Å². The first-order chi connectivity index (χ1) is 6.14. The Hall–Kier alpha value is -0.530. The number of hydrogen-bond acceptors (Lipinski definition) is 1. The lowest BCUT2D eigenvalue weighted by Crippen LogP contribution is -2.46. The van der Waals surface area contributed by atoms with Crippen LogP contribution in [0.3, 0.4) is 0 Å². The van der Waals surface area contributed by atoms with Crippen molar-refractivity contribution in [1.29, 1.82) is 0 Å². The molecule has 0 radical (unpaired) electrons. The van der Waals surface area contributed by atoms with Gasteiger partial charge >= 0.3 is 0 Å². The normalized spacial score (nSPS) is 22.1. The number of rotatable bonds is 4. The summed E-state index contributed by atoms with van der Waals surface area (Å²) < 4.78 is 0. The minimum Gasteiger partial charge on any atom is -0.337 e. The van der Waals surface area contributed by atoms with E-state index in [0.29, 0.717) is 5.91 Å². The standard InChI is InChI=1S/C11H21NO/c1-4-8-11(3,5-2)12-9-6-7-10(12)13/h4-9H2,1-3H3. The van der Waals surface area contributed by atoms with Crippen LogP contribution in [-0.4, -0.2) is 22.9 Å². The summed E-state index contributed by atoms with van der Waals surface area (Å²) in [5.74, 6) is 0.359. The number of likely N-dealkylation sites (tertiary alicyclic amines) is 1. The zero-order valence-corrected chi connectivity index (χ0v) is 9.10. The van der Waals surface area contributed by atoms with E-state index >= 15 is 0 Å². The van der Waals surface area contributed by atoms with Crippen LogP contribution in [0.4, 0.5) is 0 Å². The maximum absolute atomic E-state index is 11.6. The molecule has 0 aromatic rings. The summed E-state index contributed by atoms with van der Waals surface area (Å²) in [6.45, 7) is 7.57. The third-order valence-electron chi connectivity index (χ3n) is 3.28. The fraction of sp³-hybridized carbons (Fsp3) is 0.909. The first kappa shape index (κ1) is 10.6. The highest BCUT2D eigenvalue weighted by Gasteiger charge is 2.35. The number of amides is 1. The van der Waals surface area contributed by atoms with Crippen LogP contribution in [0.2, 0.25) is 0 Å². The van der Waals surface area contributed by atoms with Gasteiger partial charge in [0, 0.05) is 18.5 Å². The largest absolute Gasteiger partial charge is 0.337 e. The molecule has 1 heterocycles. The van der Waals surface area contributed by atoms with Gasteiger partial charge in [-0.1, -0.05) is 20.3 Å². The zero-order valence-electron chi connectivity index (χ0n) is 9.10. The third kappa shape index (κ3) is 2.04. The quantitative estimate of drug-likeness (QED) is 0.656. The lowest BCUT2D eigenvalue weighted by Gasteiger charge is -2.38. The van der Waals surface area contributed by atoms with Gasteiger partial charge in [0.05, 0.1) is 0 Å². The smallest absolute Gasteiger partial charge is 0.223 e. The lowest BCUT2D eigenvalue weighted by atomic mass is 9.91. The topological polar surface area (TPSA) is 20.3 Å². The zero-order chi connectivity index (χ0) is 9.90. The van der Waals surface area contributed by atoms with Crippen molar-refractivity contribution in [2.45, 2.75) is 58.4 Å². The Labute approximate surface area is 81.3 Å². The second kappa shape index (κ2) is 4.12. The van der Waals surface area contributed by atoms with E-state index in [9.17, 15) is 4.79 Å².